The van der Waals surface area contributed by atoms with Gasteiger partial charge in [0.15, 0.2) is 0 Å². The third-order valence-electron chi connectivity index (χ3n) is 4.81. The molecule has 7 heteroatoms. The third-order valence-corrected chi connectivity index (χ3v) is 5.55. The molecule has 1 amide bonds. The summed E-state index contributed by atoms with van der Waals surface area (Å²) >= 11 is 11.9. The minimum absolute atomic E-state index is 0.0738. The lowest BCUT2D eigenvalue weighted by Gasteiger charge is -2.18. The molecule has 1 fully saturated rings. The average Bonchev–Trinajstić information content (AvgIpc) is 3.12. The number of nitrogens with zero attached hydrogens (tertiary/aromatic N) is 1. The van der Waals surface area contributed by atoms with Gasteiger partial charge in [-0.2, -0.15) is 0 Å². The van der Waals surface area contributed by atoms with Gasteiger partial charge in [-0.25, -0.2) is 4.39 Å². The molecule has 144 valence electrons. The van der Waals surface area contributed by atoms with Crippen molar-refractivity contribution in [1.29, 1.82) is 0 Å². The average molecular weight is 410 g/mol. The molecule has 4 nitrogen and oxygen atoms in total. The molecule has 1 aliphatic heterocycles. The second-order valence-corrected chi connectivity index (χ2v) is 7.64. The third kappa shape index (κ3) is 5.20. The highest BCUT2D eigenvalue weighted by Gasteiger charge is 2.24. The van der Waals surface area contributed by atoms with Crippen LogP contribution in [0.5, 0.6) is 0 Å². The van der Waals surface area contributed by atoms with Gasteiger partial charge in [-0.3, -0.25) is 15.6 Å². The Kier molecular flexibility index (Phi) is 6.71. The monoisotopic (exact) mass is 409 g/mol. The van der Waals surface area contributed by atoms with Gasteiger partial charge in [-0.15, -0.1) is 0 Å². The van der Waals surface area contributed by atoms with E-state index in [1.54, 1.807) is 42.3 Å². The van der Waals surface area contributed by atoms with Crippen molar-refractivity contribution in [3.8, 4) is 0 Å². The van der Waals surface area contributed by atoms with E-state index in [0.717, 1.165) is 24.8 Å². The van der Waals surface area contributed by atoms with Gasteiger partial charge in [0, 0.05) is 31.2 Å². The molecule has 1 aliphatic rings. The molecule has 2 aromatic rings. The van der Waals surface area contributed by atoms with Crippen molar-refractivity contribution in [2.45, 2.75) is 31.3 Å². The molecule has 3 rings (SSSR count). The summed E-state index contributed by atoms with van der Waals surface area (Å²) < 4.78 is 13.0. The van der Waals surface area contributed by atoms with Gasteiger partial charge >= 0.3 is 0 Å². The molecule has 27 heavy (non-hydrogen) atoms. The van der Waals surface area contributed by atoms with Crippen LogP contribution in [0, 0.1) is 5.82 Å². The Morgan fingerprint density at radius 3 is 2.59 bits per heavy atom. The van der Waals surface area contributed by atoms with Gasteiger partial charge in [0.2, 0.25) is 0 Å². The number of carbonyl (C=O) groups excluding carboxylic acids is 1. The predicted molar refractivity (Wildman–Crippen MR) is 106 cm³/mol. The van der Waals surface area contributed by atoms with Crippen LogP contribution in [0.25, 0.3) is 0 Å². The standard InChI is InChI=1S/C20H22Cl2FN3O/c1-26(20(27)14-6-9-17(21)18(22)11-14)10-2-3-16-12-19(25-24-16)13-4-7-15(23)8-5-13/h4-9,11,16,19,24-25H,2-3,10,12H2,1H3. The molecule has 0 saturated carbocycles. The largest absolute Gasteiger partial charge is 0.342 e. The van der Waals surface area contributed by atoms with Crippen LogP contribution in [0.1, 0.15) is 41.2 Å². The number of amides is 1. The molecular formula is C20H22Cl2FN3O. The smallest absolute Gasteiger partial charge is 0.253 e. The maximum absolute atomic E-state index is 13.0. The Morgan fingerprint density at radius 1 is 1.15 bits per heavy atom. The molecule has 1 heterocycles. The molecule has 0 spiro atoms. The van der Waals surface area contributed by atoms with Gasteiger partial charge < -0.3 is 4.90 Å². The summed E-state index contributed by atoms with van der Waals surface area (Å²) in [6.45, 7) is 0.651. The normalized spacial score (nSPS) is 19.3. The lowest BCUT2D eigenvalue weighted by molar-refractivity contribution is 0.0791. The first-order valence-electron chi connectivity index (χ1n) is 8.91. The van der Waals surface area contributed by atoms with Crippen LogP contribution >= 0.6 is 23.2 Å². The number of hydrogen-bond acceptors (Lipinski definition) is 3. The fourth-order valence-electron chi connectivity index (χ4n) is 3.25. The minimum atomic E-state index is -0.226. The van der Waals surface area contributed by atoms with Crippen LogP contribution in [0.3, 0.4) is 0 Å². The lowest BCUT2D eigenvalue weighted by Crippen LogP contribution is -2.32. The molecule has 2 N–H and O–H groups in total. The number of halogens is 3. The highest BCUT2D eigenvalue weighted by Crippen LogP contribution is 2.25. The molecule has 0 bridgehead atoms. The first-order valence-corrected chi connectivity index (χ1v) is 9.66. The minimum Gasteiger partial charge on any atom is -0.342 e. The summed E-state index contributed by atoms with van der Waals surface area (Å²) in [6.07, 6.45) is 2.73. The van der Waals surface area contributed by atoms with Crippen LogP contribution in [0.2, 0.25) is 10.0 Å². The van der Waals surface area contributed by atoms with E-state index in [2.05, 4.69) is 10.9 Å². The highest BCUT2D eigenvalue weighted by molar-refractivity contribution is 6.42. The molecule has 1 saturated heterocycles. The van der Waals surface area contributed by atoms with E-state index in [0.29, 0.717) is 28.2 Å². The Hall–Kier alpha value is -1.66. The van der Waals surface area contributed by atoms with Crippen LogP contribution in [0.15, 0.2) is 42.5 Å². The topological polar surface area (TPSA) is 44.4 Å². The second kappa shape index (κ2) is 9.02. The van der Waals surface area contributed by atoms with Crippen LogP contribution in [-0.2, 0) is 0 Å². The Balaban J connectivity index is 1.45. The van der Waals surface area contributed by atoms with E-state index >= 15 is 0 Å². The van der Waals surface area contributed by atoms with E-state index in [-0.39, 0.29) is 17.8 Å². The summed E-state index contributed by atoms with van der Waals surface area (Å²) in [5.41, 5.74) is 8.15. The second-order valence-electron chi connectivity index (χ2n) is 6.82. The van der Waals surface area contributed by atoms with Gasteiger partial charge in [-0.05, 0) is 55.2 Å². The zero-order chi connectivity index (χ0) is 19.4. The van der Waals surface area contributed by atoms with Crippen molar-refractivity contribution >= 4 is 29.1 Å². The van der Waals surface area contributed by atoms with Crippen molar-refractivity contribution in [1.82, 2.24) is 15.8 Å². The SMILES string of the molecule is CN(CCCC1CC(c2ccc(F)cc2)NN1)C(=O)c1ccc(Cl)c(Cl)c1. The number of benzene rings is 2. The molecule has 2 atom stereocenters. The van der Waals surface area contributed by atoms with Crippen molar-refractivity contribution < 1.29 is 9.18 Å². The lowest BCUT2D eigenvalue weighted by atomic mass is 9.99. The highest BCUT2D eigenvalue weighted by atomic mass is 35.5. The number of carbonyl (C=O) groups is 1. The van der Waals surface area contributed by atoms with Crippen molar-refractivity contribution in [2.24, 2.45) is 0 Å². The summed E-state index contributed by atoms with van der Waals surface area (Å²) in [6, 6.07) is 12.0. The van der Waals surface area contributed by atoms with Crippen LogP contribution in [-0.4, -0.2) is 30.4 Å². The summed E-state index contributed by atoms with van der Waals surface area (Å²) in [5.74, 6) is -0.300. The van der Waals surface area contributed by atoms with Gasteiger partial charge in [0.25, 0.3) is 5.91 Å². The summed E-state index contributed by atoms with van der Waals surface area (Å²) in [7, 11) is 1.78. The van der Waals surface area contributed by atoms with Crippen molar-refractivity contribution in [3.05, 3.63) is 69.5 Å². The van der Waals surface area contributed by atoms with E-state index in [4.69, 9.17) is 23.2 Å². The van der Waals surface area contributed by atoms with Crippen LogP contribution in [0.4, 0.5) is 4.39 Å². The van der Waals surface area contributed by atoms with Crippen molar-refractivity contribution in [3.63, 3.8) is 0 Å². The quantitative estimate of drug-likeness (QED) is 0.732. The van der Waals surface area contributed by atoms with E-state index in [9.17, 15) is 9.18 Å². The first kappa shape index (κ1) is 20.1. The molecule has 0 aromatic heterocycles. The maximum Gasteiger partial charge on any atom is 0.253 e. The Bertz CT molecular complexity index is 800. The number of hydrogen-bond donors (Lipinski definition) is 2. The summed E-state index contributed by atoms with van der Waals surface area (Å²) in [5, 5.41) is 0.815. The molecule has 2 aromatic carbocycles. The van der Waals surface area contributed by atoms with E-state index < -0.39 is 0 Å². The summed E-state index contributed by atoms with van der Waals surface area (Å²) in [4.78, 5) is 14.2. The molecule has 0 aliphatic carbocycles. The number of rotatable bonds is 6. The van der Waals surface area contributed by atoms with Gasteiger partial charge in [0.05, 0.1) is 10.0 Å². The maximum atomic E-state index is 13.0. The fourth-order valence-corrected chi connectivity index (χ4v) is 3.55. The molecule has 2 unspecified atom stereocenters. The van der Waals surface area contributed by atoms with Gasteiger partial charge in [-0.1, -0.05) is 35.3 Å². The number of hydrazine groups is 1. The predicted octanol–water partition coefficient (Wildman–Crippen LogP) is 4.59. The molecular weight excluding hydrogens is 388 g/mol. The fraction of sp³-hybridized carbons (Fsp3) is 0.350. The zero-order valence-electron chi connectivity index (χ0n) is 15.0. The zero-order valence-corrected chi connectivity index (χ0v) is 16.5. The Morgan fingerprint density at radius 2 is 1.89 bits per heavy atom. The Labute approximate surface area is 168 Å². The first-order chi connectivity index (χ1) is 12.9. The van der Waals surface area contributed by atoms with Crippen LogP contribution < -0.4 is 10.9 Å². The van der Waals surface area contributed by atoms with E-state index in [1.165, 1.54) is 12.1 Å². The van der Waals surface area contributed by atoms with Crippen molar-refractivity contribution in [2.75, 3.05) is 13.6 Å². The van der Waals surface area contributed by atoms with Gasteiger partial charge in [0.1, 0.15) is 5.82 Å². The molecule has 0 radical (unpaired) electrons. The number of nitrogens with one attached hydrogen (secondary N) is 2. The van der Waals surface area contributed by atoms with E-state index in [1.807, 2.05) is 0 Å².